The number of rotatable bonds is 4. The molecule has 2 aliphatic rings. The molecule has 1 aromatic carbocycles. The van der Waals surface area contributed by atoms with Crippen LogP contribution in [0.25, 0.3) is 0 Å². The van der Waals surface area contributed by atoms with E-state index < -0.39 is 0 Å². The van der Waals surface area contributed by atoms with Crippen LogP contribution in [0.4, 0.5) is 0 Å². The molecule has 0 radical (unpaired) electrons. The molecule has 0 aromatic heterocycles. The van der Waals surface area contributed by atoms with Crippen molar-refractivity contribution in [2.45, 2.75) is 44.8 Å². The summed E-state index contributed by atoms with van der Waals surface area (Å²) in [6.07, 6.45) is 4.09. The summed E-state index contributed by atoms with van der Waals surface area (Å²) in [5.41, 5.74) is 1.44. The summed E-state index contributed by atoms with van der Waals surface area (Å²) in [5, 5.41) is 3.72. The molecule has 0 bridgehead atoms. The van der Waals surface area contributed by atoms with Gasteiger partial charge in [0.1, 0.15) is 0 Å². The average Bonchev–Trinajstić information content (AvgIpc) is 3.26. The molecule has 2 unspecified atom stereocenters. The number of hydrogen-bond acceptors (Lipinski definition) is 2. The molecule has 19 heavy (non-hydrogen) atoms. The van der Waals surface area contributed by atoms with Crippen molar-refractivity contribution in [3.05, 3.63) is 34.3 Å². The van der Waals surface area contributed by atoms with Gasteiger partial charge in [-0.2, -0.15) is 0 Å². The van der Waals surface area contributed by atoms with Crippen molar-refractivity contribution in [3.8, 4) is 0 Å². The van der Waals surface area contributed by atoms with Crippen LogP contribution in [0.1, 0.15) is 31.7 Å². The van der Waals surface area contributed by atoms with Crippen LogP contribution >= 0.6 is 15.9 Å². The second-order valence-corrected chi connectivity index (χ2v) is 6.89. The maximum Gasteiger partial charge on any atom is 0.0253 e. The van der Waals surface area contributed by atoms with Crippen molar-refractivity contribution in [3.63, 3.8) is 0 Å². The molecule has 1 saturated carbocycles. The van der Waals surface area contributed by atoms with Crippen molar-refractivity contribution < 1.29 is 0 Å². The zero-order valence-electron chi connectivity index (χ0n) is 11.6. The van der Waals surface area contributed by atoms with Gasteiger partial charge in [-0.15, -0.1) is 0 Å². The Kier molecular flexibility index (Phi) is 4.25. The molecule has 1 heterocycles. The van der Waals surface area contributed by atoms with E-state index in [1.807, 2.05) is 0 Å². The molecule has 2 fully saturated rings. The largest absolute Gasteiger partial charge is 0.311 e. The third-order valence-electron chi connectivity index (χ3n) is 4.50. The Balaban J connectivity index is 1.69. The van der Waals surface area contributed by atoms with Crippen LogP contribution in [-0.4, -0.2) is 30.1 Å². The van der Waals surface area contributed by atoms with E-state index in [4.69, 9.17) is 0 Å². The third kappa shape index (κ3) is 3.39. The van der Waals surface area contributed by atoms with Gasteiger partial charge < -0.3 is 5.32 Å². The Morgan fingerprint density at radius 3 is 2.63 bits per heavy atom. The van der Waals surface area contributed by atoms with Gasteiger partial charge >= 0.3 is 0 Å². The number of nitrogens with zero attached hydrogens (tertiary/aromatic N) is 1. The lowest BCUT2D eigenvalue weighted by Crippen LogP contribution is -2.56. The van der Waals surface area contributed by atoms with Crippen molar-refractivity contribution in [1.29, 1.82) is 0 Å². The van der Waals surface area contributed by atoms with Crippen molar-refractivity contribution >= 4 is 15.9 Å². The molecule has 1 aliphatic heterocycles. The van der Waals surface area contributed by atoms with Gasteiger partial charge in [0.15, 0.2) is 0 Å². The molecular formula is C16H23BrN2. The van der Waals surface area contributed by atoms with Crippen LogP contribution in [0.15, 0.2) is 28.7 Å². The van der Waals surface area contributed by atoms with Crippen LogP contribution in [0.2, 0.25) is 0 Å². The summed E-state index contributed by atoms with van der Waals surface area (Å²) < 4.78 is 1.17. The summed E-state index contributed by atoms with van der Waals surface area (Å²) in [7, 11) is 0. The third-order valence-corrected chi connectivity index (χ3v) is 5.03. The van der Waals surface area contributed by atoms with Gasteiger partial charge in [-0.1, -0.05) is 35.0 Å². The molecule has 104 valence electrons. The first-order valence-electron chi connectivity index (χ1n) is 7.48. The Labute approximate surface area is 124 Å². The summed E-state index contributed by atoms with van der Waals surface area (Å²) in [5.74, 6) is 0.945. The number of nitrogens with one attached hydrogen (secondary N) is 1. The van der Waals surface area contributed by atoms with Gasteiger partial charge in [0.2, 0.25) is 0 Å². The van der Waals surface area contributed by atoms with Crippen LogP contribution in [0.5, 0.6) is 0 Å². The zero-order chi connectivity index (χ0) is 13.2. The van der Waals surface area contributed by atoms with Crippen molar-refractivity contribution in [2.75, 3.05) is 13.1 Å². The van der Waals surface area contributed by atoms with Crippen LogP contribution < -0.4 is 5.32 Å². The van der Waals surface area contributed by atoms with Gasteiger partial charge in [-0.3, -0.25) is 4.90 Å². The Hall–Kier alpha value is -0.380. The van der Waals surface area contributed by atoms with E-state index in [0.29, 0.717) is 6.04 Å². The van der Waals surface area contributed by atoms with Crippen LogP contribution in [0, 0.1) is 5.92 Å². The highest BCUT2D eigenvalue weighted by atomic mass is 79.9. The first kappa shape index (κ1) is 13.6. The van der Waals surface area contributed by atoms with Gasteiger partial charge in [0.25, 0.3) is 0 Å². The van der Waals surface area contributed by atoms with Gasteiger partial charge in [-0.05, 0) is 42.9 Å². The highest BCUT2D eigenvalue weighted by molar-refractivity contribution is 9.10. The van der Waals surface area contributed by atoms with E-state index in [1.165, 1.54) is 42.4 Å². The molecule has 1 saturated heterocycles. The average molecular weight is 323 g/mol. The fraction of sp³-hybridized carbons (Fsp3) is 0.625. The van der Waals surface area contributed by atoms with Gasteiger partial charge in [0, 0.05) is 36.2 Å². The highest BCUT2D eigenvalue weighted by Crippen LogP contribution is 2.37. The Bertz CT molecular complexity index is 413. The Morgan fingerprint density at radius 2 is 2.00 bits per heavy atom. The molecule has 0 amide bonds. The highest BCUT2D eigenvalue weighted by Gasteiger charge is 2.38. The summed E-state index contributed by atoms with van der Waals surface area (Å²) in [6.45, 7) is 5.77. The van der Waals surface area contributed by atoms with Gasteiger partial charge in [0.05, 0.1) is 0 Å². The summed E-state index contributed by atoms with van der Waals surface area (Å²) in [4.78, 5) is 2.71. The standard InChI is InChI=1S/C16H23BrN2/c1-2-15-11-19(16(9-18-15)13-5-6-13)10-12-3-7-14(17)8-4-12/h3-4,7-8,13,15-16,18H,2,5-6,9-11H2,1H3. The van der Waals surface area contributed by atoms with Crippen LogP contribution in [-0.2, 0) is 6.54 Å². The molecule has 2 nitrogen and oxygen atoms in total. The number of halogens is 1. The number of benzene rings is 1. The van der Waals surface area contributed by atoms with E-state index in [0.717, 1.165) is 18.5 Å². The number of piperazine rings is 1. The normalized spacial score (nSPS) is 28.5. The minimum Gasteiger partial charge on any atom is -0.311 e. The molecule has 3 heteroatoms. The quantitative estimate of drug-likeness (QED) is 0.913. The SMILES string of the molecule is CCC1CN(Cc2ccc(Br)cc2)C(C2CC2)CN1. The number of hydrogen-bond donors (Lipinski definition) is 1. The zero-order valence-corrected chi connectivity index (χ0v) is 13.2. The topological polar surface area (TPSA) is 15.3 Å². The van der Waals surface area contributed by atoms with Crippen molar-refractivity contribution in [2.24, 2.45) is 5.92 Å². The van der Waals surface area contributed by atoms with E-state index in [-0.39, 0.29) is 0 Å². The fourth-order valence-electron chi connectivity index (χ4n) is 3.12. The molecular weight excluding hydrogens is 300 g/mol. The lowest BCUT2D eigenvalue weighted by molar-refractivity contribution is 0.106. The first-order valence-corrected chi connectivity index (χ1v) is 8.27. The minimum atomic E-state index is 0.672. The second kappa shape index (κ2) is 5.94. The van der Waals surface area contributed by atoms with E-state index in [2.05, 4.69) is 57.3 Å². The smallest absolute Gasteiger partial charge is 0.0253 e. The van der Waals surface area contributed by atoms with E-state index in [9.17, 15) is 0 Å². The predicted octanol–water partition coefficient (Wildman–Crippen LogP) is 3.41. The second-order valence-electron chi connectivity index (χ2n) is 5.97. The Morgan fingerprint density at radius 1 is 1.26 bits per heavy atom. The molecule has 0 spiro atoms. The first-order chi connectivity index (χ1) is 9.26. The summed E-state index contributed by atoms with van der Waals surface area (Å²) >= 11 is 3.51. The molecule has 2 atom stereocenters. The lowest BCUT2D eigenvalue weighted by atomic mass is 10.0. The molecule has 1 aliphatic carbocycles. The summed E-state index contributed by atoms with van der Waals surface area (Å²) in [6, 6.07) is 10.2. The van der Waals surface area contributed by atoms with Crippen molar-refractivity contribution in [1.82, 2.24) is 10.2 Å². The lowest BCUT2D eigenvalue weighted by Gasteiger charge is -2.40. The van der Waals surface area contributed by atoms with E-state index in [1.54, 1.807) is 0 Å². The maximum atomic E-state index is 3.72. The fourth-order valence-corrected chi connectivity index (χ4v) is 3.39. The molecule has 1 aromatic rings. The molecule has 1 N–H and O–H groups in total. The monoisotopic (exact) mass is 322 g/mol. The molecule has 3 rings (SSSR count). The predicted molar refractivity (Wildman–Crippen MR) is 83.1 cm³/mol. The maximum absolute atomic E-state index is 3.72. The van der Waals surface area contributed by atoms with Crippen LogP contribution in [0.3, 0.4) is 0 Å². The minimum absolute atomic E-state index is 0.672. The van der Waals surface area contributed by atoms with E-state index >= 15 is 0 Å². The van der Waals surface area contributed by atoms with Gasteiger partial charge in [-0.25, -0.2) is 0 Å².